The highest BCUT2D eigenvalue weighted by Gasteiger charge is 2.49. The lowest BCUT2D eigenvalue weighted by Crippen LogP contribution is -2.54. The van der Waals surface area contributed by atoms with Gasteiger partial charge < -0.3 is 20.8 Å². The van der Waals surface area contributed by atoms with Crippen molar-refractivity contribution in [1.82, 2.24) is 20.6 Å². The summed E-state index contributed by atoms with van der Waals surface area (Å²) in [6.07, 6.45) is -4.10. The summed E-state index contributed by atoms with van der Waals surface area (Å²) >= 11 is 2.41. The van der Waals surface area contributed by atoms with Gasteiger partial charge in [-0.25, -0.2) is 23.9 Å². The fraction of sp³-hybridized carbons (Fsp3) is 0.371. The zero-order valence-corrected chi connectivity index (χ0v) is 29.1. The summed E-state index contributed by atoms with van der Waals surface area (Å²) in [7, 11) is 0. The zero-order valence-electron chi connectivity index (χ0n) is 27.4. The Labute approximate surface area is 298 Å². The molecule has 51 heavy (non-hydrogen) atoms. The summed E-state index contributed by atoms with van der Waals surface area (Å²) < 4.78 is 52.0. The summed E-state index contributed by atoms with van der Waals surface area (Å²) in [6.45, 7) is 3.33. The molecule has 0 bridgehead atoms. The Morgan fingerprint density at radius 1 is 0.882 bits per heavy atom. The Kier molecular flexibility index (Phi) is 11.0. The molecule has 3 atom stereocenters. The van der Waals surface area contributed by atoms with E-state index in [1.54, 1.807) is 36.7 Å². The van der Waals surface area contributed by atoms with Crippen molar-refractivity contribution in [2.45, 2.75) is 70.1 Å². The van der Waals surface area contributed by atoms with Crippen LogP contribution in [0.15, 0.2) is 59.3 Å². The molecule has 1 fully saturated rings. The van der Waals surface area contributed by atoms with Crippen LogP contribution in [0, 0.1) is 17.2 Å². The van der Waals surface area contributed by atoms with Crippen LogP contribution in [0.25, 0.3) is 21.1 Å². The Balaban J connectivity index is 1.18. The van der Waals surface area contributed by atoms with E-state index in [0.717, 1.165) is 23.5 Å². The van der Waals surface area contributed by atoms with Crippen molar-refractivity contribution >= 4 is 46.4 Å². The number of hydrogen-bond donors (Lipinski definition) is 4. The number of alkyl halides is 3. The predicted molar refractivity (Wildman–Crippen MR) is 181 cm³/mol. The SMILES string of the molecule is CC(C)(CC1CCC(NC(=O)Cc2csc(-c3ccc(F)cc3)n2)(C(=O)O)C1)[C@H](NC(=O)Cc1csc(-c2ccc(C(F)(F)F)cc2)n1)C(=O)O. The Morgan fingerprint density at radius 2 is 1.41 bits per heavy atom. The van der Waals surface area contributed by atoms with E-state index >= 15 is 0 Å². The number of benzene rings is 2. The number of aliphatic carboxylic acids is 2. The normalized spacial score (nSPS) is 18.3. The average molecular weight is 747 g/mol. The van der Waals surface area contributed by atoms with Gasteiger partial charge in [0.25, 0.3) is 0 Å². The minimum atomic E-state index is -4.48. The minimum absolute atomic E-state index is 0.0568. The second kappa shape index (κ2) is 14.9. The van der Waals surface area contributed by atoms with Gasteiger partial charge in [-0.3, -0.25) is 9.59 Å². The number of hydrogen-bond acceptors (Lipinski definition) is 8. The summed E-state index contributed by atoms with van der Waals surface area (Å²) in [6, 6.07) is 8.87. The van der Waals surface area contributed by atoms with Crippen molar-refractivity contribution < 1.29 is 47.0 Å². The van der Waals surface area contributed by atoms with E-state index in [1.807, 2.05) is 0 Å². The number of nitrogens with zero attached hydrogens (tertiary/aromatic N) is 2. The van der Waals surface area contributed by atoms with Crippen LogP contribution in [0.1, 0.15) is 56.5 Å². The van der Waals surface area contributed by atoms with Crippen LogP contribution in [-0.4, -0.2) is 55.5 Å². The van der Waals surface area contributed by atoms with E-state index in [0.29, 0.717) is 39.0 Å². The van der Waals surface area contributed by atoms with Crippen molar-refractivity contribution in [3.05, 3.63) is 82.1 Å². The van der Waals surface area contributed by atoms with Crippen LogP contribution in [0.5, 0.6) is 0 Å². The molecule has 4 aromatic rings. The largest absolute Gasteiger partial charge is 0.480 e. The molecule has 10 nitrogen and oxygen atoms in total. The van der Waals surface area contributed by atoms with Gasteiger partial charge in [-0.1, -0.05) is 26.0 Å². The average Bonchev–Trinajstić information content (AvgIpc) is 3.81. The third kappa shape index (κ3) is 9.16. The van der Waals surface area contributed by atoms with E-state index in [9.17, 15) is 47.0 Å². The molecule has 1 aliphatic rings. The highest BCUT2D eigenvalue weighted by Crippen LogP contribution is 2.43. The van der Waals surface area contributed by atoms with Crippen LogP contribution in [0.2, 0.25) is 0 Å². The molecule has 4 N–H and O–H groups in total. The van der Waals surface area contributed by atoms with Crippen LogP contribution < -0.4 is 10.6 Å². The van der Waals surface area contributed by atoms with Crippen LogP contribution in [0.4, 0.5) is 17.6 Å². The number of carbonyl (C=O) groups excluding carboxylic acids is 2. The number of carboxylic acids is 2. The fourth-order valence-corrected chi connectivity index (χ4v) is 8.08. The maximum absolute atomic E-state index is 13.3. The molecule has 0 aliphatic heterocycles. The summed E-state index contributed by atoms with van der Waals surface area (Å²) in [5, 5.41) is 29.8. The number of aromatic nitrogens is 2. The first-order valence-electron chi connectivity index (χ1n) is 15.8. The second-order valence-electron chi connectivity index (χ2n) is 13.3. The lowest BCUT2D eigenvalue weighted by Gasteiger charge is -2.34. The maximum Gasteiger partial charge on any atom is 0.416 e. The summed E-state index contributed by atoms with van der Waals surface area (Å²) in [5.74, 6) is -4.32. The van der Waals surface area contributed by atoms with Crippen molar-refractivity contribution in [2.24, 2.45) is 11.3 Å². The Morgan fingerprint density at radius 3 is 1.92 bits per heavy atom. The molecule has 2 aromatic heterocycles. The first-order valence-corrected chi connectivity index (χ1v) is 17.6. The third-order valence-electron chi connectivity index (χ3n) is 8.89. The van der Waals surface area contributed by atoms with Gasteiger partial charge in [-0.15, -0.1) is 22.7 Å². The molecule has 0 radical (unpaired) electrons. The fourth-order valence-electron chi connectivity index (χ4n) is 6.42. The third-order valence-corrected chi connectivity index (χ3v) is 10.8. The molecule has 270 valence electrons. The number of nitrogens with one attached hydrogen (secondary N) is 2. The molecule has 2 unspecified atom stereocenters. The Hall–Kier alpha value is -4.70. The summed E-state index contributed by atoms with van der Waals surface area (Å²) in [5.41, 5.74) is -1.53. The van der Waals surface area contributed by atoms with E-state index < -0.39 is 52.5 Å². The van der Waals surface area contributed by atoms with E-state index in [-0.39, 0.29) is 43.8 Å². The highest BCUT2D eigenvalue weighted by atomic mass is 32.1. The molecule has 2 amide bonds. The van der Waals surface area contributed by atoms with Gasteiger partial charge >= 0.3 is 18.1 Å². The molecule has 5 rings (SSSR count). The lowest BCUT2D eigenvalue weighted by molar-refractivity contribution is -0.148. The van der Waals surface area contributed by atoms with Crippen molar-refractivity contribution in [3.63, 3.8) is 0 Å². The van der Waals surface area contributed by atoms with Crippen molar-refractivity contribution in [1.29, 1.82) is 0 Å². The van der Waals surface area contributed by atoms with Crippen LogP contribution in [0.3, 0.4) is 0 Å². The first-order chi connectivity index (χ1) is 23.9. The number of thiazole rings is 2. The lowest BCUT2D eigenvalue weighted by atomic mass is 9.75. The maximum atomic E-state index is 13.3. The van der Waals surface area contributed by atoms with Gasteiger partial charge in [-0.05, 0) is 73.4 Å². The van der Waals surface area contributed by atoms with Crippen LogP contribution in [-0.2, 0) is 38.2 Å². The zero-order chi connectivity index (χ0) is 37.1. The standard InChI is InChI=1S/C35H34F4N4O6S2/c1-33(2,28(31(46)47)42-26(44)13-24-17-50-29(40-24)20-3-7-22(8-4-20)35(37,38)39)15-19-11-12-34(16-19,32(48)49)43-27(45)14-25-18-51-30(41-25)21-5-9-23(36)10-6-21/h3-10,17-19,28H,11-16H2,1-2H3,(H,42,44)(H,43,45)(H,46,47)(H,48,49)/t19?,28-,34?/m1/s1. The molecular weight excluding hydrogens is 713 g/mol. The van der Waals surface area contributed by atoms with Gasteiger partial charge in [-0.2, -0.15) is 13.2 Å². The predicted octanol–water partition coefficient (Wildman–Crippen LogP) is 6.60. The molecule has 0 spiro atoms. The Bertz CT molecular complexity index is 1910. The minimum Gasteiger partial charge on any atom is -0.480 e. The quantitative estimate of drug-likeness (QED) is 0.111. The van der Waals surface area contributed by atoms with Gasteiger partial charge in [0, 0.05) is 21.9 Å². The number of carbonyl (C=O) groups is 4. The number of rotatable bonds is 13. The monoisotopic (exact) mass is 746 g/mol. The molecule has 16 heteroatoms. The van der Waals surface area contributed by atoms with Crippen LogP contribution >= 0.6 is 22.7 Å². The number of carboxylic acid groups (broad SMARTS) is 2. The van der Waals surface area contributed by atoms with Crippen molar-refractivity contribution in [2.75, 3.05) is 0 Å². The molecule has 2 aromatic carbocycles. The summed E-state index contributed by atoms with van der Waals surface area (Å²) in [4.78, 5) is 59.6. The molecular formula is C35H34F4N4O6S2. The molecule has 2 heterocycles. The highest BCUT2D eigenvalue weighted by molar-refractivity contribution is 7.13. The van der Waals surface area contributed by atoms with Gasteiger partial charge in [0.15, 0.2) is 0 Å². The second-order valence-corrected chi connectivity index (χ2v) is 15.0. The molecule has 1 saturated carbocycles. The molecule has 0 saturated heterocycles. The first kappa shape index (κ1) is 37.6. The van der Waals surface area contributed by atoms with E-state index in [4.69, 9.17) is 0 Å². The van der Waals surface area contributed by atoms with Gasteiger partial charge in [0.1, 0.15) is 27.4 Å². The van der Waals surface area contributed by atoms with Gasteiger partial charge in [0.05, 0.1) is 29.8 Å². The van der Waals surface area contributed by atoms with Crippen molar-refractivity contribution in [3.8, 4) is 21.1 Å². The number of amides is 2. The smallest absolute Gasteiger partial charge is 0.416 e. The topological polar surface area (TPSA) is 159 Å². The molecule has 1 aliphatic carbocycles. The van der Waals surface area contributed by atoms with E-state index in [2.05, 4.69) is 20.6 Å². The van der Waals surface area contributed by atoms with E-state index in [1.165, 1.54) is 35.6 Å². The van der Waals surface area contributed by atoms with Gasteiger partial charge in [0.2, 0.25) is 11.8 Å². The number of halogens is 4.